The van der Waals surface area contributed by atoms with Crippen molar-refractivity contribution in [1.82, 2.24) is 4.98 Å². The van der Waals surface area contributed by atoms with Crippen LogP contribution >= 0.6 is 11.3 Å². The van der Waals surface area contributed by atoms with Gasteiger partial charge in [-0.3, -0.25) is 0 Å². The highest BCUT2D eigenvalue weighted by atomic mass is 32.1. The summed E-state index contributed by atoms with van der Waals surface area (Å²) in [7, 11) is 0. The summed E-state index contributed by atoms with van der Waals surface area (Å²) in [5.41, 5.74) is 9.01. The van der Waals surface area contributed by atoms with E-state index in [4.69, 9.17) is 10.7 Å². The zero-order chi connectivity index (χ0) is 11.0. The van der Waals surface area contributed by atoms with Gasteiger partial charge in [0.15, 0.2) is 0 Å². The first-order valence-electron chi connectivity index (χ1n) is 5.67. The molecule has 0 saturated heterocycles. The van der Waals surface area contributed by atoms with E-state index >= 15 is 0 Å². The number of benzene rings is 1. The molecule has 1 aliphatic carbocycles. The summed E-state index contributed by atoms with van der Waals surface area (Å²) in [6, 6.07) is 7.99. The molecule has 0 aliphatic heterocycles. The van der Waals surface area contributed by atoms with Gasteiger partial charge < -0.3 is 5.73 Å². The second-order valence-corrected chi connectivity index (χ2v) is 5.30. The average molecular weight is 230 g/mol. The minimum Gasteiger partial charge on any atom is -0.399 e. The molecule has 16 heavy (non-hydrogen) atoms. The first-order valence-corrected chi connectivity index (χ1v) is 6.49. The number of nitrogens with zero attached hydrogens (tertiary/aromatic N) is 1. The van der Waals surface area contributed by atoms with Crippen LogP contribution in [0, 0.1) is 0 Å². The van der Waals surface area contributed by atoms with Gasteiger partial charge in [0.05, 0.1) is 5.69 Å². The molecule has 1 aliphatic rings. The van der Waals surface area contributed by atoms with Crippen molar-refractivity contribution in [3.8, 4) is 10.6 Å². The Hall–Kier alpha value is -1.35. The molecule has 0 radical (unpaired) electrons. The summed E-state index contributed by atoms with van der Waals surface area (Å²) in [5.74, 6) is 0. The fraction of sp³-hybridized carbons (Fsp3) is 0.308. The molecule has 0 saturated carbocycles. The van der Waals surface area contributed by atoms with Crippen LogP contribution in [0.15, 0.2) is 24.3 Å². The summed E-state index contributed by atoms with van der Waals surface area (Å²) in [6.07, 6.45) is 4.97. The largest absolute Gasteiger partial charge is 0.399 e. The molecular formula is C13H14N2S. The van der Waals surface area contributed by atoms with E-state index in [0.717, 1.165) is 17.1 Å². The van der Waals surface area contributed by atoms with Crippen molar-refractivity contribution in [2.45, 2.75) is 25.7 Å². The summed E-state index contributed by atoms with van der Waals surface area (Å²) < 4.78 is 0. The van der Waals surface area contributed by atoms with Gasteiger partial charge in [0.1, 0.15) is 5.01 Å². The van der Waals surface area contributed by atoms with Crippen molar-refractivity contribution in [2.24, 2.45) is 0 Å². The van der Waals surface area contributed by atoms with Gasteiger partial charge in [0.2, 0.25) is 0 Å². The van der Waals surface area contributed by atoms with Crippen molar-refractivity contribution >= 4 is 17.0 Å². The number of hydrogen-bond acceptors (Lipinski definition) is 3. The van der Waals surface area contributed by atoms with E-state index in [0.29, 0.717) is 0 Å². The predicted octanol–water partition coefficient (Wildman–Crippen LogP) is 3.27. The topological polar surface area (TPSA) is 38.9 Å². The fourth-order valence-electron chi connectivity index (χ4n) is 2.10. The highest BCUT2D eigenvalue weighted by Gasteiger charge is 2.15. The van der Waals surface area contributed by atoms with Crippen LogP contribution in [0.5, 0.6) is 0 Å². The summed E-state index contributed by atoms with van der Waals surface area (Å²) in [5, 5.41) is 1.15. The van der Waals surface area contributed by atoms with Gasteiger partial charge in [-0.15, -0.1) is 11.3 Å². The van der Waals surface area contributed by atoms with Crippen molar-refractivity contribution in [1.29, 1.82) is 0 Å². The molecule has 0 bridgehead atoms. The lowest BCUT2D eigenvalue weighted by Gasteiger charge is -2.06. The van der Waals surface area contributed by atoms with Crippen LogP contribution in [0.25, 0.3) is 10.6 Å². The summed E-state index contributed by atoms with van der Waals surface area (Å²) in [4.78, 5) is 6.21. The number of rotatable bonds is 1. The van der Waals surface area contributed by atoms with Crippen LogP contribution in [-0.4, -0.2) is 4.98 Å². The van der Waals surface area contributed by atoms with Gasteiger partial charge >= 0.3 is 0 Å². The Balaban J connectivity index is 2.00. The zero-order valence-corrected chi connectivity index (χ0v) is 9.89. The maximum absolute atomic E-state index is 5.69. The third-order valence-corrected chi connectivity index (χ3v) is 4.21. The van der Waals surface area contributed by atoms with Gasteiger partial charge in [-0.25, -0.2) is 4.98 Å². The third kappa shape index (κ3) is 1.71. The molecule has 2 nitrogen and oxygen atoms in total. The maximum Gasteiger partial charge on any atom is 0.123 e. The van der Waals surface area contributed by atoms with E-state index in [9.17, 15) is 0 Å². The van der Waals surface area contributed by atoms with Crippen LogP contribution < -0.4 is 5.73 Å². The van der Waals surface area contributed by atoms with Gasteiger partial charge in [-0.1, -0.05) is 0 Å². The van der Waals surface area contributed by atoms with Gasteiger partial charge in [-0.05, 0) is 49.9 Å². The molecule has 2 N–H and O–H groups in total. The molecule has 0 unspecified atom stereocenters. The highest BCUT2D eigenvalue weighted by Crippen LogP contribution is 2.32. The number of aryl methyl sites for hydroxylation is 2. The Bertz CT molecular complexity index is 476. The molecule has 3 rings (SSSR count). The molecule has 3 heteroatoms. The smallest absolute Gasteiger partial charge is 0.123 e. The van der Waals surface area contributed by atoms with Crippen LogP contribution in [0.2, 0.25) is 0 Å². The van der Waals surface area contributed by atoms with E-state index in [1.165, 1.54) is 35.4 Å². The van der Waals surface area contributed by atoms with Crippen LogP contribution in [-0.2, 0) is 12.8 Å². The molecule has 1 heterocycles. The van der Waals surface area contributed by atoms with E-state index in [1.54, 1.807) is 0 Å². The normalized spacial score (nSPS) is 14.8. The van der Waals surface area contributed by atoms with Gasteiger partial charge in [-0.2, -0.15) is 0 Å². The Morgan fingerprint density at radius 3 is 2.56 bits per heavy atom. The first-order chi connectivity index (χ1) is 7.83. The van der Waals surface area contributed by atoms with Crippen LogP contribution in [0.4, 0.5) is 5.69 Å². The lowest BCUT2D eigenvalue weighted by Crippen LogP contribution is -1.98. The lowest BCUT2D eigenvalue weighted by atomic mass is 10.0. The van der Waals surface area contributed by atoms with Crippen molar-refractivity contribution < 1.29 is 0 Å². The third-order valence-electron chi connectivity index (χ3n) is 3.00. The number of anilines is 1. The van der Waals surface area contributed by atoms with Crippen LogP contribution in [0.1, 0.15) is 23.4 Å². The SMILES string of the molecule is Nc1ccc(-c2nc3c(s2)CCCC3)cc1. The van der Waals surface area contributed by atoms with Crippen molar-refractivity contribution in [2.75, 3.05) is 5.73 Å². The Morgan fingerprint density at radius 2 is 1.81 bits per heavy atom. The van der Waals surface area contributed by atoms with Crippen LogP contribution in [0.3, 0.4) is 0 Å². The fourth-order valence-corrected chi connectivity index (χ4v) is 3.26. The molecule has 2 aromatic rings. The molecule has 0 spiro atoms. The number of fused-ring (bicyclic) bond motifs is 1. The summed E-state index contributed by atoms with van der Waals surface area (Å²) >= 11 is 1.84. The zero-order valence-electron chi connectivity index (χ0n) is 9.07. The quantitative estimate of drug-likeness (QED) is 0.764. The summed E-state index contributed by atoms with van der Waals surface area (Å²) in [6.45, 7) is 0. The number of aromatic nitrogens is 1. The van der Waals surface area contributed by atoms with E-state index < -0.39 is 0 Å². The number of hydrogen-bond donors (Lipinski definition) is 1. The second kappa shape index (κ2) is 3.91. The van der Waals surface area contributed by atoms with E-state index in [-0.39, 0.29) is 0 Å². The lowest BCUT2D eigenvalue weighted by molar-refractivity contribution is 0.682. The van der Waals surface area contributed by atoms with E-state index in [1.807, 2.05) is 23.5 Å². The molecule has 0 amide bonds. The Labute approximate surface area is 99.1 Å². The van der Waals surface area contributed by atoms with E-state index in [2.05, 4.69) is 12.1 Å². The standard InChI is InChI=1S/C13H14N2S/c14-10-7-5-9(6-8-10)13-15-11-3-1-2-4-12(11)16-13/h5-8H,1-4,14H2. The van der Waals surface area contributed by atoms with Gasteiger partial charge in [0, 0.05) is 16.1 Å². The first kappa shape index (κ1) is 9.85. The average Bonchev–Trinajstić information content (AvgIpc) is 2.73. The molecular weight excluding hydrogens is 216 g/mol. The molecule has 0 fully saturated rings. The number of thiazole rings is 1. The minimum absolute atomic E-state index is 0.810. The highest BCUT2D eigenvalue weighted by molar-refractivity contribution is 7.15. The molecule has 82 valence electrons. The molecule has 1 aromatic carbocycles. The monoisotopic (exact) mass is 230 g/mol. The minimum atomic E-state index is 0.810. The maximum atomic E-state index is 5.69. The van der Waals surface area contributed by atoms with Crippen molar-refractivity contribution in [3.63, 3.8) is 0 Å². The molecule has 0 atom stereocenters. The number of nitrogens with two attached hydrogens (primary N) is 1. The van der Waals surface area contributed by atoms with Gasteiger partial charge in [0.25, 0.3) is 0 Å². The Kier molecular flexibility index (Phi) is 2.40. The Morgan fingerprint density at radius 1 is 1.06 bits per heavy atom. The predicted molar refractivity (Wildman–Crippen MR) is 68.6 cm³/mol. The van der Waals surface area contributed by atoms with Crippen molar-refractivity contribution in [3.05, 3.63) is 34.8 Å². The molecule has 1 aromatic heterocycles. The number of nitrogen functional groups attached to an aromatic ring is 1. The second-order valence-electron chi connectivity index (χ2n) is 4.22.